The van der Waals surface area contributed by atoms with Crippen LogP contribution in [-0.2, 0) is 9.53 Å². The first-order valence-electron chi connectivity index (χ1n) is 9.49. The minimum atomic E-state index is -0.671. The molecule has 0 unspecified atom stereocenters. The summed E-state index contributed by atoms with van der Waals surface area (Å²) in [7, 11) is 0. The number of rotatable bonds is 6. The maximum absolute atomic E-state index is 13.4. The number of nitrogens with zero attached hydrogens (tertiary/aromatic N) is 3. The van der Waals surface area contributed by atoms with Crippen LogP contribution in [-0.4, -0.2) is 22.1 Å². The van der Waals surface area contributed by atoms with Crippen molar-refractivity contribution in [1.82, 2.24) is 4.57 Å². The largest absolute Gasteiger partial charge is 0.458 e. The minimum absolute atomic E-state index is 0.0456. The molecule has 1 aliphatic heterocycles. The molecule has 0 spiro atoms. The number of ether oxygens (including phenoxy) is 1. The summed E-state index contributed by atoms with van der Waals surface area (Å²) in [6.07, 6.45) is 3.07. The summed E-state index contributed by atoms with van der Waals surface area (Å²) < 4.78 is 7.11. The van der Waals surface area contributed by atoms with Gasteiger partial charge in [0.05, 0.1) is 20.7 Å². The zero-order valence-electron chi connectivity index (χ0n) is 16.9. The molecule has 2 aromatic heterocycles. The lowest BCUT2D eigenvalue weighted by atomic mass is 10.0. The number of aromatic nitrogens is 1. The maximum atomic E-state index is 13.4. The Kier molecular flexibility index (Phi) is 5.97. The van der Waals surface area contributed by atoms with Gasteiger partial charge in [-0.25, -0.2) is 9.79 Å². The van der Waals surface area contributed by atoms with Crippen molar-refractivity contribution in [1.29, 1.82) is 0 Å². The predicted octanol–water partition coefficient (Wildman–Crippen LogP) is 2.93. The van der Waals surface area contributed by atoms with Crippen molar-refractivity contribution in [3.8, 4) is 0 Å². The van der Waals surface area contributed by atoms with Crippen molar-refractivity contribution in [2.24, 2.45) is 4.99 Å². The highest BCUT2D eigenvalue weighted by molar-refractivity contribution is 7.10. The van der Waals surface area contributed by atoms with Gasteiger partial charge in [0.1, 0.15) is 12.6 Å². The van der Waals surface area contributed by atoms with Crippen LogP contribution < -0.4 is 14.9 Å². The summed E-state index contributed by atoms with van der Waals surface area (Å²) in [5.41, 5.74) is 0.897. The van der Waals surface area contributed by atoms with Crippen LogP contribution in [0.4, 0.5) is 5.69 Å². The number of allylic oxidation sites excluding steroid dienone is 1. The van der Waals surface area contributed by atoms with Crippen LogP contribution in [0.3, 0.4) is 0 Å². The Morgan fingerprint density at radius 3 is 2.88 bits per heavy atom. The monoisotopic (exact) mass is 467 g/mol. The summed E-state index contributed by atoms with van der Waals surface area (Å²) in [6, 6.07) is 9.07. The molecule has 10 heteroatoms. The fraction of sp³-hybridized carbons (Fsp3) is 0.136. The van der Waals surface area contributed by atoms with E-state index in [0.29, 0.717) is 26.2 Å². The molecule has 32 heavy (non-hydrogen) atoms. The molecule has 0 fully saturated rings. The number of carbonyl (C=O) groups excluding carboxylic acids is 1. The molecular weight excluding hydrogens is 450 g/mol. The maximum Gasteiger partial charge on any atom is 0.338 e. The van der Waals surface area contributed by atoms with Gasteiger partial charge in [-0.1, -0.05) is 42.2 Å². The second kappa shape index (κ2) is 8.85. The van der Waals surface area contributed by atoms with Gasteiger partial charge in [0.15, 0.2) is 4.80 Å². The molecule has 0 radical (unpaired) electrons. The highest BCUT2D eigenvalue weighted by Gasteiger charge is 2.33. The van der Waals surface area contributed by atoms with Crippen LogP contribution in [0.25, 0.3) is 6.08 Å². The van der Waals surface area contributed by atoms with E-state index in [2.05, 4.69) is 11.6 Å². The van der Waals surface area contributed by atoms with Crippen LogP contribution in [0.15, 0.2) is 75.5 Å². The number of non-ortho nitro benzene ring substituents is 1. The molecule has 0 bridgehead atoms. The number of hydrogen-bond acceptors (Lipinski definition) is 8. The zero-order chi connectivity index (χ0) is 22.8. The highest BCUT2D eigenvalue weighted by atomic mass is 32.1. The number of hydrogen-bond donors (Lipinski definition) is 0. The van der Waals surface area contributed by atoms with Crippen LogP contribution in [0, 0.1) is 10.1 Å². The summed E-state index contributed by atoms with van der Waals surface area (Å²) >= 11 is 2.59. The molecule has 3 heterocycles. The van der Waals surface area contributed by atoms with Crippen molar-refractivity contribution in [2.75, 3.05) is 6.61 Å². The van der Waals surface area contributed by atoms with Crippen LogP contribution >= 0.6 is 22.7 Å². The number of esters is 1. The quantitative estimate of drug-likeness (QED) is 0.240. The zero-order valence-corrected chi connectivity index (χ0v) is 18.5. The number of carbonyl (C=O) groups is 1. The molecule has 3 aromatic rings. The Bertz CT molecular complexity index is 1430. The molecule has 1 aromatic carbocycles. The predicted molar refractivity (Wildman–Crippen MR) is 122 cm³/mol. The number of nitro groups is 1. The molecule has 8 nitrogen and oxygen atoms in total. The van der Waals surface area contributed by atoms with Gasteiger partial charge in [-0.05, 0) is 30.0 Å². The second-order valence-electron chi connectivity index (χ2n) is 6.84. The standard InChI is InChI=1S/C22H17N3O5S2/c1-3-9-30-21(27)18-13(2)23-22-24(19(18)16-8-5-10-31-16)20(26)17(32-22)12-14-6-4-7-15(11-14)25(28)29/h3-8,10-12,19H,1,9H2,2H3/b17-12-/t19-/m1/s1. The van der Waals surface area contributed by atoms with Gasteiger partial charge >= 0.3 is 5.97 Å². The Hall–Kier alpha value is -3.63. The molecule has 4 rings (SSSR count). The average molecular weight is 468 g/mol. The molecule has 0 saturated carbocycles. The molecule has 162 valence electrons. The van der Waals surface area contributed by atoms with E-state index in [1.54, 1.807) is 25.1 Å². The van der Waals surface area contributed by atoms with Gasteiger partial charge in [0.2, 0.25) is 0 Å². The average Bonchev–Trinajstić information content (AvgIpc) is 3.40. The van der Waals surface area contributed by atoms with Crippen molar-refractivity contribution in [2.45, 2.75) is 13.0 Å². The van der Waals surface area contributed by atoms with Crippen molar-refractivity contribution >= 4 is 40.4 Å². The lowest BCUT2D eigenvalue weighted by Crippen LogP contribution is -2.39. The minimum Gasteiger partial charge on any atom is -0.458 e. The third kappa shape index (κ3) is 3.97. The van der Waals surface area contributed by atoms with E-state index in [1.807, 2.05) is 17.5 Å². The van der Waals surface area contributed by atoms with E-state index in [1.165, 1.54) is 45.4 Å². The van der Waals surface area contributed by atoms with E-state index < -0.39 is 16.9 Å². The molecule has 0 amide bonds. The van der Waals surface area contributed by atoms with E-state index in [9.17, 15) is 19.7 Å². The summed E-state index contributed by atoms with van der Waals surface area (Å²) in [5, 5.41) is 12.9. The topological polar surface area (TPSA) is 104 Å². The second-order valence-corrected chi connectivity index (χ2v) is 8.82. The molecule has 0 aliphatic carbocycles. The van der Waals surface area contributed by atoms with E-state index in [-0.39, 0.29) is 17.9 Å². The van der Waals surface area contributed by atoms with Gasteiger partial charge in [-0.2, -0.15) is 0 Å². The number of nitro benzene ring substituents is 1. The van der Waals surface area contributed by atoms with Gasteiger partial charge in [-0.15, -0.1) is 11.3 Å². The van der Waals surface area contributed by atoms with Crippen molar-refractivity contribution in [3.63, 3.8) is 0 Å². The molecule has 1 aliphatic rings. The number of fused-ring (bicyclic) bond motifs is 1. The molecule has 0 saturated heterocycles. The van der Waals surface area contributed by atoms with Crippen LogP contribution in [0.2, 0.25) is 0 Å². The van der Waals surface area contributed by atoms with Crippen LogP contribution in [0.1, 0.15) is 23.4 Å². The highest BCUT2D eigenvalue weighted by Crippen LogP contribution is 2.33. The normalized spacial score (nSPS) is 15.8. The van der Waals surface area contributed by atoms with Crippen LogP contribution in [0.5, 0.6) is 0 Å². The first-order valence-corrected chi connectivity index (χ1v) is 11.2. The molecule has 1 atom stereocenters. The third-order valence-corrected chi connectivity index (χ3v) is 6.67. The van der Waals surface area contributed by atoms with E-state index >= 15 is 0 Å². The molecule has 0 N–H and O–H groups in total. The van der Waals surface area contributed by atoms with E-state index in [4.69, 9.17) is 4.74 Å². The first kappa shape index (κ1) is 21.6. The molecular formula is C22H17N3O5S2. The lowest BCUT2D eigenvalue weighted by Gasteiger charge is -2.23. The van der Waals surface area contributed by atoms with Crippen molar-refractivity contribution in [3.05, 3.63) is 106 Å². The number of thiazole rings is 1. The Balaban J connectivity index is 1.90. The summed E-state index contributed by atoms with van der Waals surface area (Å²) in [5.74, 6) is -0.558. The smallest absolute Gasteiger partial charge is 0.338 e. The first-order chi connectivity index (χ1) is 15.4. The Labute approximate surface area is 189 Å². The Morgan fingerprint density at radius 2 is 2.19 bits per heavy atom. The van der Waals surface area contributed by atoms with Crippen molar-refractivity contribution < 1.29 is 14.5 Å². The summed E-state index contributed by atoms with van der Waals surface area (Å²) in [4.78, 5) is 42.6. The SMILES string of the molecule is C=CCOC(=O)C1=C(C)N=c2s/c(=C\c3cccc([N+](=O)[O-])c3)c(=O)n2[C@@H]1c1cccs1. The van der Waals surface area contributed by atoms with Gasteiger partial charge in [0.25, 0.3) is 11.2 Å². The number of benzene rings is 1. The third-order valence-electron chi connectivity index (χ3n) is 4.77. The lowest BCUT2D eigenvalue weighted by molar-refractivity contribution is -0.384. The fourth-order valence-electron chi connectivity index (χ4n) is 3.39. The van der Waals surface area contributed by atoms with Gasteiger partial charge in [-0.3, -0.25) is 19.5 Å². The summed E-state index contributed by atoms with van der Waals surface area (Å²) in [6.45, 7) is 5.32. The van der Waals surface area contributed by atoms with E-state index in [0.717, 1.165) is 4.88 Å². The van der Waals surface area contributed by atoms with Gasteiger partial charge in [0, 0.05) is 17.0 Å². The van der Waals surface area contributed by atoms with Gasteiger partial charge < -0.3 is 4.74 Å². The Morgan fingerprint density at radius 1 is 1.38 bits per heavy atom. The fourth-order valence-corrected chi connectivity index (χ4v) is 5.26. The number of thiophene rings is 1.